The molecule has 3 unspecified atom stereocenters. The Balaban J connectivity index is -0.00000138. The van der Waals surface area contributed by atoms with Crippen LogP contribution in [0.15, 0.2) is 0 Å². The van der Waals surface area contributed by atoms with E-state index < -0.39 is 48.3 Å². The SMILES string of the molecule is CCCCCCCCCCCCCCCCCCOCC(CSCC(CC(CCC(=O)NCCN)C(=O)NCC[NH3+])C(=O)NCC[NH3+])OCCCCCCCCCCCCCCCCCC.O=C([O-])C(F)(F)F.O=C([O-])C(F)(F)F.O=C([O-])C(F)(F)F. The lowest BCUT2D eigenvalue weighted by atomic mass is 9.90. The number of nitrogens with one attached hydrogen (secondary N) is 3. The van der Waals surface area contributed by atoms with Gasteiger partial charge >= 0.3 is 18.5 Å². The van der Waals surface area contributed by atoms with Crippen LogP contribution in [0.5, 0.6) is 0 Å². The summed E-state index contributed by atoms with van der Waals surface area (Å²) in [6, 6.07) is 0. The molecule has 0 spiro atoms. The van der Waals surface area contributed by atoms with Gasteiger partial charge in [0.05, 0.1) is 38.9 Å². The molecule has 87 heavy (non-hydrogen) atoms. The maximum Gasteiger partial charge on any atom is 0.430 e. The summed E-state index contributed by atoms with van der Waals surface area (Å²) in [6.07, 6.45) is 28.5. The maximum absolute atomic E-state index is 13.5. The minimum absolute atomic E-state index is 0.0571. The van der Waals surface area contributed by atoms with Gasteiger partial charge in [0, 0.05) is 56.1 Å². The molecule has 0 aliphatic heterocycles. The summed E-state index contributed by atoms with van der Waals surface area (Å²) in [4.78, 5) is 65.6. The molecule has 0 saturated heterocycles. The number of quaternary nitrogens is 2. The first-order valence-electron chi connectivity index (χ1n) is 32.0. The van der Waals surface area contributed by atoms with Crippen molar-refractivity contribution in [3.8, 4) is 0 Å². The van der Waals surface area contributed by atoms with Crippen LogP contribution in [0.2, 0.25) is 0 Å². The largest absolute Gasteiger partial charge is 0.542 e. The number of amides is 3. The van der Waals surface area contributed by atoms with E-state index in [4.69, 9.17) is 44.9 Å². The van der Waals surface area contributed by atoms with Crippen LogP contribution in [-0.2, 0) is 38.2 Å². The van der Waals surface area contributed by atoms with Gasteiger partial charge in [-0.3, -0.25) is 14.4 Å². The lowest BCUT2D eigenvalue weighted by molar-refractivity contribution is -0.365. The van der Waals surface area contributed by atoms with Gasteiger partial charge in [0.2, 0.25) is 17.7 Å². The molecule has 17 nitrogen and oxygen atoms in total. The van der Waals surface area contributed by atoms with Gasteiger partial charge in [-0.05, 0) is 25.7 Å². The molecule has 3 atom stereocenters. The number of hydrogen-bond donors (Lipinski definition) is 6. The van der Waals surface area contributed by atoms with Crippen LogP contribution in [-0.4, -0.2) is 131 Å². The van der Waals surface area contributed by atoms with Crippen molar-refractivity contribution >= 4 is 47.4 Å². The number of thioether (sulfide) groups is 1. The maximum atomic E-state index is 13.5. The molecule has 0 fully saturated rings. The minimum atomic E-state index is -5.19. The number of carbonyl (C=O) groups excluding carboxylic acids is 6. The highest BCUT2D eigenvalue weighted by Gasteiger charge is 2.31. The predicted molar refractivity (Wildman–Crippen MR) is 315 cm³/mol. The summed E-state index contributed by atoms with van der Waals surface area (Å²) in [7, 11) is 0. The lowest BCUT2D eigenvalue weighted by Crippen LogP contribution is -2.55. The highest BCUT2D eigenvalue weighted by Crippen LogP contribution is 2.24. The average molecular weight is 1300 g/mol. The highest BCUT2D eigenvalue weighted by atomic mass is 32.2. The van der Waals surface area contributed by atoms with Crippen LogP contribution in [0.3, 0.4) is 0 Å². The van der Waals surface area contributed by atoms with E-state index in [-0.39, 0.29) is 30.2 Å². The third kappa shape index (κ3) is 68.1. The number of nitrogens with two attached hydrogens (primary N) is 1. The quantitative estimate of drug-likeness (QED) is 0.0251. The summed E-state index contributed by atoms with van der Waals surface area (Å²) in [5.74, 6) is -8.94. The second kappa shape index (κ2) is 62.5. The fraction of sp³-hybridized carbons (Fsp3) is 0.900. The summed E-state index contributed by atoms with van der Waals surface area (Å²) >= 11 is 1.70. The van der Waals surface area contributed by atoms with Crippen molar-refractivity contribution in [1.82, 2.24) is 16.0 Å². The fourth-order valence-electron chi connectivity index (χ4n) is 8.62. The molecule has 0 saturated carbocycles. The molecule has 11 N–H and O–H groups in total. The van der Waals surface area contributed by atoms with Gasteiger partial charge in [0.1, 0.15) is 17.9 Å². The van der Waals surface area contributed by atoms with Crippen molar-refractivity contribution in [3.05, 3.63) is 0 Å². The smallest absolute Gasteiger partial charge is 0.430 e. The van der Waals surface area contributed by atoms with Gasteiger partial charge < -0.3 is 72.3 Å². The second-order valence-electron chi connectivity index (χ2n) is 21.7. The number of alkyl halides is 9. The van der Waals surface area contributed by atoms with Gasteiger partial charge in [-0.15, -0.1) is 0 Å². The minimum Gasteiger partial charge on any atom is -0.542 e. The van der Waals surface area contributed by atoms with Crippen molar-refractivity contribution in [1.29, 1.82) is 0 Å². The van der Waals surface area contributed by atoms with E-state index in [1.807, 2.05) is 0 Å². The molecule has 27 heteroatoms. The Hall–Kier alpha value is -3.66. The number of carbonyl (C=O) groups is 6. The monoisotopic (exact) mass is 1300 g/mol. The molecule has 0 bridgehead atoms. The topological polar surface area (TPSA) is 307 Å². The Morgan fingerprint density at radius 3 is 1.08 bits per heavy atom. The number of carboxylic acid groups (broad SMARTS) is 3. The van der Waals surface area contributed by atoms with Crippen LogP contribution in [0.4, 0.5) is 39.5 Å². The zero-order valence-corrected chi connectivity index (χ0v) is 53.4. The molecular weight excluding hydrogens is 1180 g/mol. The Labute approximate surface area is 517 Å². The molecule has 0 rings (SSSR count). The summed E-state index contributed by atoms with van der Waals surface area (Å²) in [6.45, 7) is 9.46. The number of aliphatic carboxylic acids is 3. The highest BCUT2D eigenvalue weighted by molar-refractivity contribution is 7.99. The Morgan fingerprint density at radius 1 is 0.460 bits per heavy atom. The number of rotatable bonds is 54. The van der Waals surface area contributed by atoms with Crippen molar-refractivity contribution < 1.29 is 105 Å². The standard InChI is InChI=1S/C54H110N6O5S.3C2HF3O2/c1-3-5-7-9-11-13-15-17-19-21-23-25-27-29-31-33-43-64-46-51(65-44-34-32-30-28-26-24-22-20-18-16-14-12-10-8-6-4-2)48-66-47-50(54(63)60-42-39-57)45-49(53(62)59-41-38-56)35-36-52(61)58-40-37-55;3*3-2(4,5)1(6)7/h49-51H,3-48,55-57H2,1-2H3,(H,58,61)(H,59,62)(H,60,63);3*(H,6,7)/p-1. The van der Waals surface area contributed by atoms with Gasteiger partial charge in [-0.25, -0.2) is 0 Å². The van der Waals surface area contributed by atoms with Gasteiger partial charge in [-0.2, -0.15) is 51.3 Å². The van der Waals surface area contributed by atoms with Crippen molar-refractivity contribution in [2.45, 2.75) is 263 Å². The number of hydrogen-bond acceptors (Lipinski definition) is 13. The van der Waals surface area contributed by atoms with Crippen LogP contribution < -0.4 is 48.5 Å². The molecule has 0 aromatic heterocycles. The number of carboxylic acids is 3. The molecular formula is C60H112F9N6O11S-. The molecule has 3 amide bonds. The van der Waals surface area contributed by atoms with E-state index in [0.29, 0.717) is 64.5 Å². The first kappa shape index (κ1) is 89.8. The Bertz CT molecular complexity index is 1590. The van der Waals surface area contributed by atoms with E-state index in [1.54, 1.807) is 11.8 Å². The normalized spacial score (nSPS) is 12.5. The lowest BCUT2D eigenvalue weighted by Gasteiger charge is -2.24. The first-order valence-corrected chi connectivity index (χ1v) is 33.1. The molecule has 518 valence electrons. The zero-order chi connectivity index (χ0) is 66.5. The first-order chi connectivity index (χ1) is 41.3. The van der Waals surface area contributed by atoms with Gasteiger partial charge in [0.15, 0.2) is 0 Å². The van der Waals surface area contributed by atoms with Crippen molar-refractivity contribution in [3.63, 3.8) is 0 Å². The molecule has 0 aliphatic rings. The number of halogens is 9. The van der Waals surface area contributed by atoms with E-state index >= 15 is 0 Å². The molecule has 0 aliphatic carbocycles. The number of ether oxygens (including phenoxy) is 2. The molecule has 0 aromatic carbocycles. The van der Waals surface area contributed by atoms with Crippen molar-refractivity contribution in [2.24, 2.45) is 17.6 Å². The molecule has 0 radical (unpaired) electrons. The average Bonchev–Trinajstić information content (AvgIpc) is 3.66. The molecule has 0 heterocycles. The van der Waals surface area contributed by atoms with Gasteiger partial charge in [-0.1, -0.05) is 206 Å². The summed E-state index contributed by atoms with van der Waals surface area (Å²) in [5.41, 5.74) is 13.3. The predicted octanol–water partition coefficient (Wildman–Crippen LogP) is 7.73. The second-order valence-corrected chi connectivity index (χ2v) is 22.7. The Morgan fingerprint density at radius 2 is 0.770 bits per heavy atom. The van der Waals surface area contributed by atoms with Crippen molar-refractivity contribution in [2.75, 3.05) is 70.6 Å². The van der Waals surface area contributed by atoms with E-state index in [0.717, 1.165) is 31.8 Å². The third-order valence-corrected chi connectivity index (χ3v) is 14.8. The van der Waals surface area contributed by atoms with Crippen LogP contribution in [0.1, 0.15) is 239 Å². The third-order valence-electron chi connectivity index (χ3n) is 13.6. The number of unbranched alkanes of at least 4 members (excludes halogenated alkanes) is 30. The van der Waals surface area contributed by atoms with Crippen LogP contribution >= 0.6 is 11.8 Å². The van der Waals surface area contributed by atoms with E-state index in [1.165, 1.54) is 193 Å². The van der Waals surface area contributed by atoms with E-state index in [2.05, 4.69) is 41.3 Å². The van der Waals surface area contributed by atoms with Crippen LogP contribution in [0, 0.1) is 11.8 Å². The Kier molecular flexibility index (Phi) is 64.5. The van der Waals surface area contributed by atoms with Gasteiger partial charge in [0.25, 0.3) is 0 Å². The molecule has 0 aromatic rings. The van der Waals surface area contributed by atoms with Crippen LogP contribution in [0.25, 0.3) is 0 Å². The summed E-state index contributed by atoms with van der Waals surface area (Å²) in [5, 5.41) is 35.1. The summed E-state index contributed by atoms with van der Waals surface area (Å²) < 4.78 is 107. The zero-order valence-electron chi connectivity index (χ0n) is 52.6. The van der Waals surface area contributed by atoms with E-state index in [9.17, 15) is 53.9 Å². The fourth-order valence-corrected chi connectivity index (χ4v) is 9.78.